The van der Waals surface area contributed by atoms with E-state index >= 15 is 0 Å². The normalized spacial score (nSPS) is 29.4. The van der Waals surface area contributed by atoms with Crippen molar-refractivity contribution in [1.29, 1.82) is 0 Å². The molecule has 2 heteroatoms. The molecule has 1 fully saturated rings. The fraction of sp³-hybridized carbons (Fsp3) is 1.00. The second-order valence-corrected chi connectivity index (χ2v) is 5.54. The number of nitrogens with one attached hydrogen (secondary N) is 1. The Morgan fingerprint density at radius 3 is 2.47 bits per heavy atom. The summed E-state index contributed by atoms with van der Waals surface area (Å²) in [5.41, 5.74) is 0. The lowest BCUT2D eigenvalue weighted by Gasteiger charge is -2.33. The van der Waals surface area contributed by atoms with Crippen LogP contribution in [0.2, 0.25) is 0 Å². The molecule has 0 aromatic carbocycles. The molecular weight excluding hydrogens is 186 g/mol. The third-order valence-electron chi connectivity index (χ3n) is 3.54. The Balaban J connectivity index is 2.35. The quantitative estimate of drug-likeness (QED) is 0.735. The number of rotatable bonds is 5. The van der Waals surface area contributed by atoms with Crippen molar-refractivity contribution in [2.75, 3.05) is 6.61 Å². The smallest absolute Gasteiger partial charge is 0.0584 e. The van der Waals surface area contributed by atoms with E-state index in [2.05, 4.69) is 26.1 Å². The maximum absolute atomic E-state index is 9.33. The Bertz CT molecular complexity index is 170. The van der Waals surface area contributed by atoms with Crippen molar-refractivity contribution in [2.24, 2.45) is 11.8 Å². The molecule has 0 aliphatic heterocycles. The summed E-state index contributed by atoms with van der Waals surface area (Å²) in [7, 11) is 0. The van der Waals surface area contributed by atoms with Crippen LogP contribution in [0.3, 0.4) is 0 Å². The molecule has 0 spiro atoms. The first kappa shape index (κ1) is 13.0. The summed E-state index contributed by atoms with van der Waals surface area (Å²) < 4.78 is 0. The van der Waals surface area contributed by atoms with Gasteiger partial charge in [-0.15, -0.1) is 0 Å². The Hall–Kier alpha value is -0.0800. The van der Waals surface area contributed by atoms with E-state index < -0.39 is 0 Å². The molecule has 1 saturated carbocycles. The molecule has 0 saturated heterocycles. The van der Waals surface area contributed by atoms with E-state index in [4.69, 9.17) is 0 Å². The van der Waals surface area contributed by atoms with Gasteiger partial charge in [0, 0.05) is 12.1 Å². The molecule has 15 heavy (non-hydrogen) atoms. The monoisotopic (exact) mass is 213 g/mol. The van der Waals surface area contributed by atoms with Crippen LogP contribution in [0.5, 0.6) is 0 Å². The van der Waals surface area contributed by atoms with Crippen LogP contribution in [0.15, 0.2) is 0 Å². The fourth-order valence-electron chi connectivity index (χ4n) is 2.63. The van der Waals surface area contributed by atoms with Gasteiger partial charge in [0.2, 0.25) is 0 Å². The Morgan fingerprint density at radius 1 is 1.27 bits per heavy atom. The number of aliphatic hydroxyl groups is 1. The van der Waals surface area contributed by atoms with Crippen molar-refractivity contribution in [3.05, 3.63) is 0 Å². The van der Waals surface area contributed by atoms with Gasteiger partial charge in [0.1, 0.15) is 0 Å². The second-order valence-electron chi connectivity index (χ2n) is 5.54. The summed E-state index contributed by atoms with van der Waals surface area (Å²) in [6.07, 6.45) is 6.45. The van der Waals surface area contributed by atoms with E-state index in [1.807, 2.05) is 0 Å². The molecule has 0 bridgehead atoms. The number of hydrogen-bond donors (Lipinski definition) is 2. The minimum absolute atomic E-state index is 0.279. The molecule has 90 valence electrons. The Morgan fingerprint density at radius 2 is 1.93 bits per heavy atom. The van der Waals surface area contributed by atoms with Crippen molar-refractivity contribution in [3.63, 3.8) is 0 Å². The first-order chi connectivity index (χ1) is 7.13. The molecule has 2 nitrogen and oxygen atoms in total. The van der Waals surface area contributed by atoms with Crippen LogP contribution < -0.4 is 5.32 Å². The Kier molecular flexibility index (Phi) is 5.62. The largest absolute Gasteiger partial charge is 0.395 e. The summed E-state index contributed by atoms with van der Waals surface area (Å²) >= 11 is 0. The summed E-state index contributed by atoms with van der Waals surface area (Å²) in [6.45, 7) is 7.05. The minimum Gasteiger partial charge on any atom is -0.395 e. The van der Waals surface area contributed by atoms with Crippen LogP contribution in [0.1, 0.15) is 52.9 Å². The lowest BCUT2D eigenvalue weighted by molar-refractivity contribution is 0.181. The zero-order chi connectivity index (χ0) is 11.3. The third kappa shape index (κ3) is 4.52. The lowest BCUT2D eigenvalue weighted by atomic mass is 9.85. The summed E-state index contributed by atoms with van der Waals surface area (Å²) in [4.78, 5) is 0. The average molecular weight is 213 g/mol. The first-order valence-electron chi connectivity index (χ1n) is 6.50. The molecule has 0 unspecified atom stereocenters. The standard InChI is InChI=1S/C13H27NO/c1-10(2)8-12(9-15)14-13-7-5-4-6-11(13)3/h10-15H,4-9H2,1-3H3/t11-,12+,13-/m1/s1. The van der Waals surface area contributed by atoms with Crippen LogP contribution >= 0.6 is 0 Å². The highest BCUT2D eigenvalue weighted by Crippen LogP contribution is 2.24. The molecule has 0 radical (unpaired) electrons. The van der Waals surface area contributed by atoms with Gasteiger partial charge in [0.15, 0.2) is 0 Å². The first-order valence-corrected chi connectivity index (χ1v) is 6.50. The highest BCUT2D eigenvalue weighted by atomic mass is 16.3. The molecular formula is C13H27NO. The van der Waals surface area contributed by atoms with Crippen molar-refractivity contribution >= 4 is 0 Å². The molecule has 3 atom stereocenters. The van der Waals surface area contributed by atoms with Crippen molar-refractivity contribution < 1.29 is 5.11 Å². The molecule has 1 aliphatic carbocycles. The van der Waals surface area contributed by atoms with Gasteiger partial charge in [0.05, 0.1) is 6.61 Å². The van der Waals surface area contributed by atoms with Gasteiger partial charge in [-0.2, -0.15) is 0 Å². The Labute approximate surface area is 94.5 Å². The topological polar surface area (TPSA) is 32.3 Å². The summed E-state index contributed by atoms with van der Waals surface area (Å²) in [5, 5.41) is 13.0. The van der Waals surface area contributed by atoms with Crippen LogP contribution in [0.4, 0.5) is 0 Å². The predicted molar refractivity (Wildman–Crippen MR) is 64.9 cm³/mol. The van der Waals surface area contributed by atoms with E-state index in [1.54, 1.807) is 0 Å². The molecule has 0 amide bonds. The maximum Gasteiger partial charge on any atom is 0.0584 e. The molecule has 0 aromatic heterocycles. The number of hydrogen-bond acceptors (Lipinski definition) is 2. The van der Waals surface area contributed by atoms with Gasteiger partial charge in [-0.25, -0.2) is 0 Å². The predicted octanol–water partition coefficient (Wildman–Crippen LogP) is 2.56. The van der Waals surface area contributed by atoms with Gasteiger partial charge in [-0.1, -0.05) is 33.6 Å². The van der Waals surface area contributed by atoms with Crippen LogP contribution in [0, 0.1) is 11.8 Å². The second kappa shape index (κ2) is 6.49. The molecule has 1 rings (SSSR count). The van der Waals surface area contributed by atoms with Crippen molar-refractivity contribution in [1.82, 2.24) is 5.32 Å². The van der Waals surface area contributed by atoms with Gasteiger partial charge in [-0.3, -0.25) is 0 Å². The third-order valence-corrected chi connectivity index (χ3v) is 3.54. The maximum atomic E-state index is 9.33. The van der Waals surface area contributed by atoms with Crippen molar-refractivity contribution in [2.45, 2.75) is 65.0 Å². The summed E-state index contributed by atoms with van der Waals surface area (Å²) in [6, 6.07) is 0.935. The zero-order valence-corrected chi connectivity index (χ0v) is 10.5. The SMILES string of the molecule is CC(C)C[C@@H](CO)N[C@@H]1CCCC[C@H]1C. The van der Waals surface area contributed by atoms with Gasteiger partial charge in [-0.05, 0) is 31.1 Å². The van der Waals surface area contributed by atoms with Gasteiger partial charge in [0.25, 0.3) is 0 Å². The highest BCUT2D eigenvalue weighted by molar-refractivity contribution is 4.81. The van der Waals surface area contributed by atoms with E-state index in [9.17, 15) is 5.11 Å². The molecule has 0 heterocycles. The lowest BCUT2D eigenvalue weighted by Crippen LogP contribution is -2.45. The fourth-order valence-corrected chi connectivity index (χ4v) is 2.63. The molecule has 0 aromatic rings. The van der Waals surface area contributed by atoms with Crippen LogP contribution in [0.25, 0.3) is 0 Å². The summed E-state index contributed by atoms with van der Waals surface area (Å²) in [5.74, 6) is 1.44. The molecule has 1 aliphatic rings. The van der Waals surface area contributed by atoms with E-state index in [1.165, 1.54) is 25.7 Å². The zero-order valence-electron chi connectivity index (χ0n) is 10.5. The number of aliphatic hydroxyl groups excluding tert-OH is 1. The van der Waals surface area contributed by atoms with Gasteiger partial charge >= 0.3 is 0 Å². The average Bonchev–Trinajstić information content (AvgIpc) is 2.19. The van der Waals surface area contributed by atoms with E-state index in [0.717, 1.165) is 12.3 Å². The highest BCUT2D eigenvalue weighted by Gasteiger charge is 2.23. The van der Waals surface area contributed by atoms with Gasteiger partial charge < -0.3 is 10.4 Å². The minimum atomic E-state index is 0.279. The van der Waals surface area contributed by atoms with E-state index in [-0.39, 0.29) is 6.61 Å². The van der Waals surface area contributed by atoms with E-state index in [0.29, 0.717) is 18.0 Å². The molecule has 2 N–H and O–H groups in total. The van der Waals surface area contributed by atoms with Crippen LogP contribution in [-0.2, 0) is 0 Å². The van der Waals surface area contributed by atoms with Crippen molar-refractivity contribution in [3.8, 4) is 0 Å². The van der Waals surface area contributed by atoms with Crippen LogP contribution in [-0.4, -0.2) is 23.8 Å².